The summed E-state index contributed by atoms with van der Waals surface area (Å²) in [6.07, 6.45) is 0.808. The molecule has 0 nitrogen and oxygen atoms in total. The zero-order valence-corrected chi connectivity index (χ0v) is 13.8. The van der Waals surface area contributed by atoms with Crippen LogP contribution in [0.25, 0.3) is 22.3 Å². The lowest BCUT2D eigenvalue weighted by Crippen LogP contribution is -1.99. The summed E-state index contributed by atoms with van der Waals surface area (Å²) >= 11 is 0. The molecule has 0 aliphatic heterocycles. The van der Waals surface area contributed by atoms with E-state index >= 15 is 0 Å². The van der Waals surface area contributed by atoms with Gasteiger partial charge in [-0.3, -0.25) is 0 Å². The molecule has 2 aliphatic rings. The van der Waals surface area contributed by atoms with Crippen LogP contribution in [-0.4, -0.2) is 0 Å². The third-order valence-corrected chi connectivity index (χ3v) is 5.42. The summed E-state index contributed by atoms with van der Waals surface area (Å²) in [4.78, 5) is 0. The van der Waals surface area contributed by atoms with Gasteiger partial charge in [-0.2, -0.15) is 0 Å². The number of benzene rings is 4. The van der Waals surface area contributed by atoms with Gasteiger partial charge in [-0.25, -0.2) is 0 Å². The fourth-order valence-electron chi connectivity index (χ4n) is 4.27. The number of rotatable bonds is 1. The molecule has 122 valence electrons. The van der Waals surface area contributed by atoms with Crippen LogP contribution in [0.2, 0.25) is 0 Å². The average Bonchev–Trinajstić information content (AvgIpc) is 3.39. The van der Waals surface area contributed by atoms with E-state index in [1.807, 2.05) is 30.3 Å². The Morgan fingerprint density at radius 1 is 0.654 bits per heavy atom. The van der Waals surface area contributed by atoms with E-state index in [9.17, 15) is 0 Å². The lowest BCUT2D eigenvalue weighted by Gasteiger charge is -2.16. The first-order valence-electron chi connectivity index (χ1n) is 12.6. The summed E-state index contributed by atoms with van der Waals surface area (Å²) in [5.41, 5.74) is 6.22. The summed E-state index contributed by atoms with van der Waals surface area (Å²) in [5, 5.41) is 0. The first-order chi connectivity index (χ1) is 16.2. The molecule has 6 rings (SSSR count). The number of hydrogen-bond donors (Lipinski definition) is 0. The molecule has 0 amide bonds. The van der Waals surface area contributed by atoms with Gasteiger partial charge in [0.25, 0.3) is 0 Å². The van der Waals surface area contributed by atoms with E-state index in [0.29, 0.717) is 11.1 Å². The molecule has 26 heavy (non-hydrogen) atoms. The second-order valence-electron chi connectivity index (χ2n) is 6.76. The van der Waals surface area contributed by atoms with Crippen molar-refractivity contribution in [1.82, 2.24) is 0 Å². The average molecular weight is 338 g/mol. The van der Waals surface area contributed by atoms with Crippen LogP contribution in [0.4, 0.5) is 0 Å². The van der Waals surface area contributed by atoms with E-state index in [1.165, 1.54) is 5.56 Å². The lowest BCUT2D eigenvalue weighted by molar-refractivity contribution is 1.01. The van der Waals surface area contributed by atoms with Crippen LogP contribution >= 0.6 is 0 Å². The van der Waals surface area contributed by atoms with Gasteiger partial charge in [0.1, 0.15) is 0 Å². The monoisotopic (exact) mass is 338 g/mol. The molecule has 0 saturated heterocycles. The minimum Gasteiger partial charge on any atom is -0.0619 e. The Morgan fingerprint density at radius 3 is 2.08 bits per heavy atom. The Bertz CT molecular complexity index is 1500. The van der Waals surface area contributed by atoms with Crippen molar-refractivity contribution in [3.8, 4) is 22.3 Å². The molecule has 0 N–H and O–H groups in total. The second kappa shape index (κ2) is 5.19. The molecule has 0 bridgehead atoms. The molecule has 0 atom stereocenters. The number of fused-ring (bicyclic) bond motifs is 6. The van der Waals surface area contributed by atoms with Crippen molar-refractivity contribution in [2.45, 2.75) is 12.3 Å². The quantitative estimate of drug-likeness (QED) is 0.324. The molecule has 2 aliphatic carbocycles. The van der Waals surface area contributed by atoms with E-state index in [1.54, 1.807) is 0 Å². The normalized spacial score (nSPS) is 18.2. The van der Waals surface area contributed by atoms with E-state index in [2.05, 4.69) is 12.1 Å². The molecule has 0 radical (unpaired) electrons. The molecule has 4 aromatic carbocycles. The van der Waals surface area contributed by atoms with Gasteiger partial charge < -0.3 is 0 Å². The minimum atomic E-state index is -0.731. The fourth-order valence-corrected chi connectivity index (χ4v) is 4.27. The van der Waals surface area contributed by atoms with Crippen LogP contribution in [0.15, 0.2) is 90.8 Å². The molecule has 0 heteroatoms. The van der Waals surface area contributed by atoms with Gasteiger partial charge in [0, 0.05) is 5.92 Å². The molecule has 4 aromatic rings. The Hall–Kier alpha value is -3.12. The molecule has 0 heterocycles. The Morgan fingerprint density at radius 2 is 1.31 bits per heavy atom. The zero-order valence-electron chi connectivity index (χ0n) is 21.8. The van der Waals surface area contributed by atoms with Crippen LogP contribution in [0.1, 0.15) is 44.7 Å². The number of hydrogen-bond acceptors (Lipinski definition) is 0. The highest BCUT2D eigenvalue weighted by Gasteiger charge is 2.30. The third kappa shape index (κ3) is 1.84. The van der Waals surface area contributed by atoms with Gasteiger partial charge >= 0.3 is 0 Å². The van der Waals surface area contributed by atoms with Gasteiger partial charge in [-0.05, 0) is 62.6 Å². The summed E-state index contributed by atoms with van der Waals surface area (Å²) in [5.74, 6) is -0.731. The SMILES string of the molecule is [2H]c1c([2H])c([2H])c2c(c1[2H])-c1c([2H])c([2H])c([2H])c([2H])c1C2c1ccc2c(c1)-c1ccccc1C2. The van der Waals surface area contributed by atoms with Gasteiger partial charge in [-0.15, -0.1) is 0 Å². The summed E-state index contributed by atoms with van der Waals surface area (Å²) < 4.78 is 67.4. The maximum absolute atomic E-state index is 8.68. The van der Waals surface area contributed by atoms with E-state index in [-0.39, 0.29) is 47.4 Å². The van der Waals surface area contributed by atoms with Crippen molar-refractivity contribution in [3.05, 3.63) is 119 Å². The summed E-state index contributed by atoms with van der Waals surface area (Å²) in [6.45, 7) is 0. The van der Waals surface area contributed by atoms with Crippen LogP contribution in [0.5, 0.6) is 0 Å². The first-order valence-corrected chi connectivity index (χ1v) is 8.64. The molecule has 0 unspecified atom stereocenters. The van der Waals surface area contributed by atoms with Crippen molar-refractivity contribution in [2.75, 3.05) is 0 Å². The first kappa shape index (κ1) is 8.51. The summed E-state index contributed by atoms with van der Waals surface area (Å²) in [7, 11) is 0. The maximum atomic E-state index is 8.68. The lowest BCUT2D eigenvalue weighted by atomic mass is 9.87. The van der Waals surface area contributed by atoms with Crippen LogP contribution in [0, 0.1) is 0 Å². The smallest absolute Gasteiger partial charge is 0.0619 e. The maximum Gasteiger partial charge on any atom is 0.0629 e. The molecule has 0 aromatic heterocycles. The Labute approximate surface area is 165 Å². The topological polar surface area (TPSA) is 0 Å². The Balaban J connectivity index is 1.72. The second-order valence-corrected chi connectivity index (χ2v) is 6.76. The molecule has 0 spiro atoms. The fraction of sp³-hybridized carbons (Fsp3) is 0.0769. The molecule has 0 fully saturated rings. The predicted molar refractivity (Wildman–Crippen MR) is 108 cm³/mol. The van der Waals surface area contributed by atoms with Crippen LogP contribution in [0.3, 0.4) is 0 Å². The zero-order chi connectivity index (χ0) is 24.0. The molecule has 0 saturated carbocycles. The predicted octanol–water partition coefficient (Wildman–Crippen LogP) is 6.42. The molecular formula is C26H18. The summed E-state index contributed by atoms with van der Waals surface area (Å²) in [6, 6.07) is 11.5. The minimum absolute atomic E-state index is 0.166. The van der Waals surface area contributed by atoms with E-state index < -0.39 is 18.0 Å². The highest BCUT2D eigenvalue weighted by Crippen LogP contribution is 2.49. The highest BCUT2D eigenvalue weighted by molar-refractivity contribution is 5.82. The highest BCUT2D eigenvalue weighted by atomic mass is 14.3. The van der Waals surface area contributed by atoms with Gasteiger partial charge in [0.15, 0.2) is 0 Å². The third-order valence-electron chi connectivity index (χ3n) is 5.42. The largest absolute Gasteiger partial charge is 0.0629 e. The standard InChI is InChI=1S/C26H18/c1-2-8-20-17(7-1)15-18-13-14-19(16-25(18)20)26-23-11-5-3-9-21(23)22-10-4-6-12-24(22)26/h1-14,16,26H,15H2/i3D,4D,5D,6D,9D,10D,11D,12D. The van der Waals surface area contributed by atoms with Crippen molar-refractivity contribution >= 4 is 0 Å². The van der Waals surface area contributed by atoms with Gasteiger partial charge in [0.2, 0.25) is 0 Å². The van der Waals surface area contributed by atoms with E-state index in [0.717, 1.165) is 28.7 Å². The van der Waals surface area contributed by atoms with E-state index in [4.69, 9.17) is 11.0 Å². The van der Waals surface area contributed by atoms with Crippen molar-refractivity contribution in [1.29, 1.82) is 0 Å². The van der Waals surface area contributed by atoms with Gasteiger partial charge in [0.05, 0.1) is 11.0 Å². The van der Waals surface area contributed by atoms with Crippen molar-refractivity contribution in [2.24, 2.45) is 0 Å². The Kier molecular flexibility index (Phi) is 1.70. The van der Waals surface area contributed by atoms with Crippen LogP contribution in [-0.2, 0) is 6.42 Å². The van der Waals surface area contributed by atoms with Gasteiger partial charge in [-0.1, -0.05) is 84.7 Å². The van der Waals surface area contributed by atoms with Crippen molar-refractivity contribution in [3.63, 3.8) is 0 Å². The van der Waals surface area contributed by atoms with Crippen molar-refractivity contribution < 1.29 is 11.0 Å². The van der Waals surface area contributed by atoms with Crippen LogP contribution < -0.4 is 0 Å². The molecular weight excluding hydrogens is 312 g/mol.